The Morgan fingerprint density at radius 2 is 2.00 bits per heavy atom. The van der Waals surface area contributed by atoms with E-state index in [-0.39, 0.29) is 0 Å². The van der Waals surface area contributed by atoms with Crippen LogP contribution in [0.25, 0.3) is 0 Å². The molecule has 0 aromatic carbocycles. The first-order valence-electron chi connectivity index (χ1n) is 8.24. The predicted molar refractivity (Wildman–Crippen MR) is 78.8 cm³/mol. The normalized spacial score (nSPS) is 32.5. The van der Waals surface area contributed by atoms with Crippen LogP contribution in [-0.4, -0.2) is 25.2 Å². The van der Waals surface area contributed by atoms with Gasteiger partial charge >= 0.3 is 0 Å². The lowest BCUT2D eigenvalue weighted by atomic mass is 9.93. The summed E-state index contributed by atoms with van der Waals surface area (Å²) in [5, 5.41) is 7.55. The molecule has 1 saturated heterocycles. The zero-order valence-electron chi connectivity index (χ0n) is 12.4. The van der Waals surface area contributed by atoms with E-state index in [1.807, 2.05) is 0 Å². The van der Waals surface area contributed by atoms with E-state index in [4.69, 9.17) is 0 Å². The Morgan fingerprint density at radius 3 is 2.72 bits per heavy atom. The van der Waals surface area contributed by atoms with Gasteiger partial charge in [0.15, 0.2) is 0 Å². The molecule has 2 fully saturated rings. The van der Waals surface area contributed by atoms with Gasteiger partial charge in [-0.15, -0.1) is 0 Å². The molecule has 3 unspecified atom stereocenters. The molecular weight excluding hydrogens is 220 g/mol. The van der Waals surface area contributed by atoms with Crippen molar-refractivity contribution >= 4 is 0 Å². The average molecular weight is 252 g/mol. The topological polar surface area (TPSA) is 24.1 Å². The number of unbranched alkanes of at least 4 members (excludes halogenated alkanes) is 1. The number of rotatable bonds is 7. The average Bonchev–Trinajstić information content (AvgIpc) is 2.97. The van der Waals surface area contributed by atoms with Gasteiger partial charge in [-0.25, -0.2) is 0 Å². The third-order valence-corrected chi connectivity index (χ3v) is 4.80. The highest BCUT2D eigenvalue weighted by molar-refractivity contribution is 4.93. The Kier molecular flexibility index (Phi) is 5.97. The first-order valence-corrected chi connectivity index (χ1v) is 8.24. The summed E-state index contributed by atoms with van der Waals surface area (Å²) in [6.45, 7) is 7.14. The van der Waals surface area contributed by atoms with E-state index in [2.05, 4.69) is 24.5 Å². The van der Waals surface area contributed by atoms with Crippen molar-refractivity contribution in [3.05, 3.63) is 0 Å². The molecule has 2 heteroatoms. The van der Waals surface area contributed by atoms with Crippen LogP contribution >= 0.6 is 0 Å². The summed E-state index contributed by atoms with van der Waals surface area (Å²) in [6, 6.07) is 1.63. The molecule has 0 amide bonds. The highest BCUT2D eigenvalue weighted by atomic mass is 15.0. The van der Waals surface area contributed by atoms with Crippen LogP contribution in [0.2, 0.25) is 0 Å². The summed E-state index contributed by atoms with van der Waals surface area (Å²) in [7, 11) is 0. The lowest BCUT2D eigenvalue weighted by Gasteiger charge is -2.26. The van der Waals surface area contributed by atoms with Crippen molar-refractivity contribution in [3.8, 4) is 0 Å². The monoisotopic (exact) mass is 252 g/mol. The largest absolute Gasteiger partial charge is 0.314 e. The number of nitrogens with one attached hydrogen (secondary N) is 2. The molecule has 106 valence electrons. The first kappa shape index (κ1) is 14.3. The van der Waals surface area contributed by atoms with Crippen LogP contribution < -0.4 is 10.6 Å². The van der Waals surface area contributed by atoms with Gasteiger partial charge in [-0.3, -0.25) is 0 Å². The van der Waals surface area contributed by atoms with Crippen molar-refractivity contribution in [2.45, 2.75) is 77.3 Å². The minimum atomic E-state index is 0.805. The number of hydrogen-bond acceptors (Lipinski definition) is 2. The molecule has 1 heterocycles. The van der Waals surface area contributed by atoms with Gasteiger partial charge in [0, 0.05) is 12.1 Å². The molecule has 0 aromatic rings. The van der Waals surface area contributed by atoms with Crippen LogP contribution in [0.3, 0.4) is 0 Å². The highest BCUT2D eigenvalue weighted by Crippen LogP contribution is 2.31. The van der Waals surface area contributed by atoms with Crippen molar-refractivity contribution in [1.82, 2.24) is 10.6 Å². The van der Waals surface area contributed by atoms with Gasteiger partial charge in [0.05, 0.1) is 0 Å². The van der Waals surface area contributed by atoms with E-state index in [0.717, 1.165) is 23.9 Å². The Balaban J connectivity index is 1.62. The van der Waals surface area contributed by atoms with Crippen LogP contribution in [0.15, 0.2) is 0 Å². The summed E-state index contributed by atoms with van der Waals surface area (Å²) in [5.74, 6) is 1.78. The third kappa shape index (κ3) is 4.24. The van der Waals surface area contributed by atoms with Crippen molar-refractivity contribution < 1.29 is 0 Å². The Labute approximate surface area is 113 Å². The van der Waals surface area contributed by atoms with E-state index in [1.54, 1.807) is 0 Å². The van der Waals surface area contributed by atoms with E-state index in [1.165, 1.54) is 64.5 Å². The molecule has 2 rings (SSSR count). The molecule has 3 atom stereocenters. The molecule has 0 spiro atoms. The van der Waals surface area contributed by atoms with E-state index in [9.17, 15) is 0 Å². The van der Waals surface area contributed by atoms with E-state index < -0.39 is 0 Å². The molecule has 0 radical (unpaired) electrons. The predicted octanol–water partition coefficient (Wildman–Crippen LogP) is 3.32. The summed E-state index contributed by atoms with van der Waals surface area (Å²) in [5.41, 5.74) is 0. The lowest BCUT2D eigenvalue weighted by molar-refractivity contribution is 0.318. The lowest BCUT2D eigenvalue weighted by Crippen LogP contribution is -2.42. The van der Waals surface area contributed by atoms with E-state index >= 15 is 0 Å². The fourth-order valence-corrected chi connectivity index (χ4v) is 3.77. The van der Waals surface area contributed by atoms with Crippen LogP contribution in [0.1, 0.15) is 65.2 Å². The summed E-state index contributed by atoms with van der Waals surface area (Å²) < 4.78 is 0. The zero-order valence-corrected chi connectivity index (χ0v) is 12.4. The van der Waals surface area contributed by atoms with Crippen LogP contribution in [0.5, 0.6) is 0 Å². The minimum Gasteiger partial charge on any atom is -0.314 e. The molecule has 1 saturated carbocycles. The smallest absolute Gasteiger partial charge is 0.0111 e. The Morgan fingerprint density at radius 1 is 1.11 bits per heavy atom. The highest BCUT2D eigenvalue weighted by Gasteiger charge is 2.34. The van der Waals surface area contributed by atoms with Crippen molar-refractivity contribution in [2.75, 3.05) is 13.1 Å². The fourth-order valence-electron chi connectivity index (χ4n) is 3.77. The Hall–Kier alpha value is -0.0800. The fraction of sp³-hybridized carbons (Fsp3) is 1.00. The van der Waals surface area contributed by atoms with Gasteiger partial charge < -0.3 is 10.6 Å². The SMILES string of the molecule is CC(C)CCCCNC1CCCC1C1CCCN1. The molecular formula is C16H32N2. The van der Waals surface area contributed by atoms with Crippen molar-refractivity contribution in [3.63, 3.8) is 0 Å². The summed E-state index contributed by atoms with van der Waals surface area (Å²) in [6.07, 6.45) is 11.2. The molecule has 2 nitrogen and oxygen atoms in total. The van der Waals surface area contributed by atoms with Crippen LogP contribution in [-0.2, 0) is 0 Å². The van der Waals surface area contributed by atoms with Gasteiger partial charge in [0.2, 0.25) is 0 Å². The van der Waals surface area contributed by atoms with Crippen molar-refractivity contribution in [2.24, 2.45) is 11.8 Å². The summed E-state index contributed by atoms with van der Waals surface area (Å²) in [4.78, 5) is 0. The standard InChI is InChI=1S/C16H32N2/c1-13(2)7-3-4-11-17-15-9-5-8-14(15)16-10-6-12-18-16/h13-18H,3-12H2,1-2H3. The molecule has 2 N–H and O–H groups in total. The quantitative estimate of drug-likeness (QED) is 0.679. The van der Waals surface area contributed by atoms with Gasteiger partial charge in [-0.1, -0.05) is 33.1 Å². The molecule has 1 aliphatic carbocycles. The van der Waals surface area contributed by atoms with Gasteiger partial charge in [-0.2, -0.15) is 0 Å². The molecule has 2 aliphatic rings. The minimum absolute atomic E-state index is 0.805. The zero-order chi connectivity index (χ0) is 12.8. The van der Waals surface area contributed by atoms with Gasteiger partial charge in [0.25, 0.3) is 0 Å². The van der Waals surface area contributed by atoms with Gasteiger partial charge in [-0.05, 0) is 57.0 Å². The van der Waals surface area contributed by atoms with Crippen LogP contribution in [0.4, 0.5) is 0 Å². The molecule has 18 heavy (non-hydrogen) atoms. The third-order valence-electron chi connectivity index (χ3n) is 4.80. The second kappa shape index (κ2) is 7.49. The second-order valence-electron chi connectivity index (χ2n) is 6.75. The van der Waals surface area contributed by atoms with Crippen LogP contribution in [0, 0.1) is 11.8 Å². The van der Waals surface area contributed by atoms with Crippen molar-refractivity contribution in [1.29, 1.82) is 0 Å². The molecule has 0 bridgehead atoms. The molecule has 1 aliphatic heterocycles. The number of hydrogen-bond donors (Lipinski definition) is 2. The second-order valence-corrected chi connectivity index (χ2v) is 6.75. The van der Waals surface area contributed by atoms with E-state index in [0.29, 0.717) is 0 Å². The maximum atomic E-state index is 3.84. The Bertz CT molecular complexity index is 221. The molecule has 0 aromatic heterocycles. The summed E-state index contributed by atoms with van der Waals surface area (Å²) >= 11 is 0. The first-order chi connectivity index (χ1) is 8.77. The maximum absolute atomic E-state index is 3.84. The van der Waals surface area contributed by atoms with Gasteiger partial charge in [0.1, 0.15) is 0 Å². The maximum Gasteiger partial charge on any atom is 0.0111 e.